The van der Waals surface area contributed by atoms with E-state index < -0.39 is 11.1 Å². The van der Waals surface area contributed by atoms with Crippen LogP contribution in [0.25, 0.3) is 11.3 Å². The molecular weight excluding hydrogens is 469 g/mol. The molecule has 1 aliphatic rings. The molecule has 2 heterocycles. The molecule has 0 spiro atoms. The number of ether oxygens (including phenoxy) is 1. The van der Waals surface area contributed by atoms with Gasteiger partial charge >= 0.3 is 0 Å². The Hall–Kier alpha value is -3.80. The minimum Gasteiger partial charge on any atom is -0.494 e. The van der Waals surface area contributed by atoms with E-state index in [1.807, 2.05) is 29.8 Å². The molecule has 1 fully saturated rings. The quantitative estimate of drug-likeness (QED) is 0.299. The van der Waals surface area contributed by atoms with E-state index in [1.165, 1.54) is 13.2 Å². The summed E-state index contributed by atoms with van der Waals surface area (Å²) in [5, 5.41) is 18.7. The van der Waals surface area contributed by atoms with Crippen LogP contribution in [0, 0.1) is 12.8 Å². The molecule has 37 heavy (non-hydrogen) atoms. The van der Waals surface area contributed by atoms with E-state index >= 15 is 0 Å². The van der Waals surface area contributed by atoms with Gasteiger partial charge in [-0.1, -0.05) is 11.3 Å². The number of amides is 2. The van der Waals surface area contributed by atoms with E-state index in [2.05, 4.69) is 31.2 Å². The Kier molecular flexibility index (Phi) is 7.58. The molecule has 0 bridgehead atoms. The molecule has 184 valence electrons. The zero-order valence-electron chi connectivity index (χ0n) is 20.6. The number of anilines is 3. The maximum absolute atomic E-state index is 12.8. The molecule has 5 N–H and O–H groups in total. The Morgan fingerprint density at radius 1 is 1.19 bits per heavy atom. The van der Waals surface area contributed by atoms with Gasteiger partial charge in [0.1, 0.15) is 0 Å². The van der Waals surface area contributed by atoms with Gasteiger partial charge in [-0.15, -0.1) is 10.2 Å². The van der Waals surface area contributed by atoms with Crippen molar-refractivity contribution in [3.63, 3.8) is 0 Å². The molecule has 14 heteroatoms. The maximum atomic E-state index is 12.8. The second-order valence-corrected chi connectivity index (χ2v) is 8.84. The average Bonchev–Trinajstić information content (AvgIpc) is 3.62. The number of methoxy groups -OCH3 is 1. The fourth-order valence-corrected chi connectivity index (χ4v) is 3.74. The van der Waals surface area contributed by atoms with Crippen molar-refractivity contribution in [2.24, 2.45) is 11.7 Å². The van der Waals surface area contributed by atoms with Crippen LogP contribution >= 0.6 is 0 Å². The van der Waals surface area contributed by atoms with Crippen LogP contribution in [0.15, 0.2) is 30.3 Å². The minimum absolute atomic E-state index is 0.0483. The van der Waals surface area contributed by atoms with E-state index in [0.717, 1.165) is 18.5 Å². The van der Waals surface area contributed by atoms with Gasteiger partial charge < -0.3 is 26.4 Å². The number of aromatic nitrogens is 4. The van der Waals surface area contributed by atoms with Crippen LogP contribution in [0.4, 0.5) is 17.2 Å². The predicted molar refractivity (Wildman–Crippen MR) is 142 cm³/mol. The highest BCUT2D eigenvalue weighted by molar-refractivity contribution is 6.60. The highest BCUT2D eigenvalue weighted by Gasteiger charge is 2.30. The smallest absolute Gasteiger partial charge is 0.272 e. The summed E-state index contributed by atoms with van der Waals surface area (Å²) in [7, 11) is 18.1. The number of hydrogen-bond donors (Lipinski definition) is 4. The Morgan fingerprint density at radius 3 is 2.59 bits per heavy atom. The normalized spacial score (nSPS) is 13.2. The maximum Gasteiger partial charge on any atom is 0.272 e. The summed E-state index contributed by atoms with van der Waals surface area (Å²) in [5.41, 5.74) is 8.61. The Balaban J connectivity index is 1.72. The van der Waals surface area contributed by atoms with Crippen molar-refractivity contribution in [3.05, 3.63) is 41.7 Å². The molecule has 3 aromatic rings. The van der Waals surface area contributed by atoms with E-state index in [1.54, 1.807) is 6.07 Å². The van der Waals surface area contributed by atoms with Gasteiger partial charge in [0.25, 0.3) is 5.91 Å². The lowest BCUT2D eigenvalue weighted by molar-refractivity contribution is -0.117. The number of nitrogens with two attached hydrogens (primary N) is 1. The molecule has 0 unspecified atom stereocenters. The fourth-order valence-electron chi connectivity index (χ4n) is 3.74. The van der Waals surface area contributed by atoms with Gasteiger partial charge in [-0.05, 0) is 38.0 Å². The molecular formula is C23H25B3N8O3. The van der Waals surface area contributed by atoms with Crippen molar-refractivity contribution >= 4 is 52.5 Å². The van der Waals surface area contributed by atoms with Gasteiger partial charge in [-0.3, -0.25) is 14.3 Å². The Bertz CT molecular complexity index is 1320. The van der Waals surface area contributed by atoms with Gasteiger partial charge in [0, 0.05) is 29.8 Å². The van der Waals surface area contributed by atoms with Gasteiger partial charge in [-0.25, -0.2) is 0 Å². The summed E-state index contributed by atoms with van der Waals surface area (Å²) < 4.78 is 7.54. The van der Waals surface area contributed by atoms with Crippen molar-refractivity contribution in [3.8, 4) is 17.0 Å². The topological polar surface area (TPSA) is 149 Å². The van der Waals surface area contributed by atoms with Crippen molar-refractivity contribution in [2.75, 3.05) is 24.3 Å². The van der Waals surface area contributed by atoms with Crippen LogP contribution in [0.5, 0.6) is 5.75 Å². The van der Waals surface area contributed by atoms with Crippen LogP contribution in [0.1, 0.15) is 29.0 Å². The number of nitrogens with one attached hydrogen (secondary N) is 3. The van der Waals surface area contributed by atoms with Crippen LogP contribution in [0.2, 0.25) is 0 Å². The lowest BCUT2D eigenvalue weighted by Gasteiger charge is -2.23. The molecule has 4 rings (SSSR count). The molecule has 11 nitrogen and oxygen atoms in total. The van der Waals surface area contributed by atoms with E-state index in [4.69, 9.17) is 34.0 Å². The first-order valence-electron chi connectivity index (χ1n) is 11.7. The predicted octanol–water partition coefficient (Wildman–Crippen LogP) is 0.555. The summed E-state index contributed by atoms with van der Waals surface area (Å²) in [5.74, 6) is -0.341. The van der Waals surface area contributed by atoms with Gasteiger partial charge in [-0.2, -0.15) is 5.10 Å². The summed E-state index contributed by atoms with van der Waals surface area (Å²) in [6, 6.07) is 8.85. The Labute approximate surface area is 218 Å². The first-order valence-corrected chi connectivity index (χ1v) is 11.7. The van der Waals surface area contributed by atoms with E-state index in [9.17, 15) is 9.59 Å². The number of para-hydroxylation sites is 1. The van der Waals surface area contributed by atoms with Crippen LogP contribution in [-0.2, 0) is 11.3 Å². The van der Waals surface area contributed by atoms with Crippen molar-refractivity contribution in [1.82, 2.24) is 25.3 Å². The Morgan fingerprint density at radius 2 is 1.95 bits per heavy atom. The number of rotatable bonds is 10. The number of aryl methyl sites for hydroxylation is 1. The summed E-state index contributed by atoms with van der Waals surface area (Å²) in [4.78, 5) is 25.1. The van der Waals surface area contributed by atoms with Crippen molar-refractivity contribution in [1.29, 1.82) is 0 Å². The molecule has 1 aliphatic carbocycles. The largest absolute Gasteiger partial charge is 0.494 e. The molecule has 6 radical (unpaired) electrons. The van der Waals surface area contributed by atoms with Crippen LogP contribution in [-0.4, -0.2) is 74.2 Å². The molecule has 0 saturated heterocycles. The zero-order valence-corrected chi connectivity index (χ0v) is 20.6. The molecule has 2 amide bonds. The number of benzene rings is 1. The third kappa shape index (κ3) is 6.32. The monoisotopic (exact) mass is 494 g/mol. The van der Waals surface area contributed by atoms with Gasteiger partial charge in [0.05, 0.1) is 54.3 Å². The molecule has 1 aromatic carbocycles. The average molecular weight is 494 g/mol. The van der Waals surface area contributed by atoms with Crippen molar-refractivity contribution in [2.45, 2.75) is 31.5 Å². The lowest BCUT2D eigenvalue weighted by Crippen LogP contribution is -2.50. The number of carbonyl (C=O) groups excluding carboxylic acids is 2. The third-order valence-corrected chi connectivity index (χ3v) is 5.62. The first kappa shape index (κ1) is 26.3. The van der Waals surface area contributed by atoms with Crippen molar-refractivity contribution < 1.29 is 14.3 Å². The van der Waals surface area contributed by atoms with Gasteiger partial charge in [0.2, 0.25) is 5.91 Å². The number of hydrogen-bond acceptors (Lipinski definition) is 8. The SMILES string of the molecule is [B]C([B])([B])NC(=O)c1nnc(NC(=O)C2CC2)cc1Nc1cccc(-c2cc(C)n(CCN)n2)c1OC. The number of carbonyl (C=O) groups is 2. The van der Waals surface area contributed by atoms with Crippen LogP contribution in [0.3, 0.4) is 0 Å². The number of nitrogens with zero attached hydrogens (tertiary/aromatic N) is 4. The standard InChI is InChI=1S/C23H25B3N8O3/c1-12-10-16(33-34(12)9-8-27)14-4-3-5-15(20(14)37-2)28-17-11-18(29-21(35)13-6-7-13)31-32-19(17)22(36)30-23(24,25)26/h3-5,10-11,13H,6-9,27H2,1-2H3,(H,30,36)(H2,28,29,31,35). The van der Waals surface area contributed by atoms with Gasteiger partial charge in [0.15, 0.2) is 17.3 Å². The van der Waals surface area contributed by atoms with Crippen LogP contribution < -0.4 is 26.4 Å². The first-order chi connectivity index (χ1) is 17.6. The molecule has 0 atom stereocenters. The second kappa shape index (κ2) is 10.7. The lowest BCUT2D eigenvalue weighted by atomic mass is 9.49. The summed E-state index contributed by atoms with van der Waals surface area (Å²) >= 11 is 0. The zero-order chi connectivity index (χ0) is 26.7. The summed E-state index contributed by atoms with van der Waals surface area (Å²) in [6.07, 6.45) is 1.64. The summed E-state index contributed by atoms with van der Waals surface area (Å²) in [6.45, 7) is 2.97. The fraction of sp³-hybridized carbons (Fsp3) is 0.348. The minimum atomic E-state index is -1.98. The highest BCUT2D eigenvalue weighted by Crippen LogP contribution is 2.38. The molecule has 2 aromatic heterocycles. The molecule has 0 aliphatic heterocycles. The second-order valence-electron chi connectivity index (χ2n) is 8.84. The van der Waals surface area contributed by atoms with E-state index in [0.29, 0.717) is 35.8 Å². The third-order valence-electron chi connectivity index (χ3n) is 5.62. The highest BCUT2D eigenvalue weighted by atomic mass is 16.5. The van der Waals surface area contributed by atoms with E-state index in [-0.39, 0.29) is 29.0 Å². The molecule has 1 saturated carbocycles.